The van der Waals surface area contributed by atoms with Crippen LogP contribution in [0.15, 0.2) is 52.3 Å². The summed E-state index contributed by atoms with van der Waals surface area (Å²) in [5.41, 5.74) is 1.27. The summed E-state index contributed by atoms with van der Waals surface area (Å²) in [6.07, 6.45) is 2.03. The molecule has 0 saturated carbocycles. The smallest absolute Gasteiger partial charge is 0.260 e. The summed E-state index contributed by atoms with van der Waals surface area (Å²) < 4.78 is 33.5. The maximum Gasteiger partial charge on any atom is 0.260 e. The number of nitrogens with zero attached hydrogens (tertiary/aromatic N) is 4. The number of rotatable bonds is 8. The molecule has 8 nitrogen and oxygen atoms in total. The number of thiazole rings is 1. The van der Waals surface area contributed by atoms with E-state index < -0.39 is 10.0 Å². The van der Waals surface area contributed by atoms with E-state index in [0.29, 0.717) is 50.1 Å². The molecule has 34 heavy (non-hydrogen) atoms. The Morgan fingerprint density at radius 1 is 1.12 bits per heavy atom. The van der Waals surface area contributed by atoms with Gasteiger partial charge in [-0.25, -0.2) is 13.4 Å². The monoisotopic (exact) mass is 520 g/mol. The van der Waals surface area contributed by atoms with Crippen LogP contribution in [0, 0.1) is 0 Å². The first-order chi connectivity index (χ1) is 16.3. The van der Waals surface area contributed by atoms with E-state index in [-0.39, 0.29) is 10.8 Å². The van der Waals surface area contributed by atoms with Crippen LogP contribution in [-0.4, -0.2) is 88.3 Å². The van der Waals surface area contributed by atoms with Crippen LogP contribution in [0.1, 0.15) is 10.4 Å². The molecule has 1 aromatic heterocycles. The Balaban J connectivity index is 1.61. The zero-order chi connectivity index (χ0) is 24.3. The molecule has 182 valence electrons. The van der Waals surface area contributed by atoms with Gasteiger partial charge in [-0.2, -0.15) is 4.31 Å². The second kappa shape index (κ2) is 10.7. The van der Waals surface area contributed by atoms with Crippen molar-refractivity contribution >= 4 is 54.4 Å². The average Bonchev–Trinajstić information content (AvgIpc) is 3.27. The van der Waals surface area contributed by atoms with E-state index >= 15 is 0 Å². The van der Waals surface area contributed by atoms with Crippen LogP contribution in [0.4, 0.5) is 5.13 Å². The van der Waals surface area contributed by atoms with Gasteiger partial charge in [-0.15, -0.1) is 11.8 Å². The molecule has 1 fully saturated rings. The molecule has 1 saturated heterocycles. The first-order valence-corrected chi connectivity index (χ1v) is 14.4. The predicted molar refractivity (Wildman–Crippen MR) is 138 cm³/mol. The number of ether oxygens (including phenoxy) is 1. The first kappa shape index (κ1) is 25.1. The van der Waals surface area contributed by atoms with Crippen molar-refractivity contribution in [2.24, 2.45) is 0 Å². The van der Waals surface area contributed by atoms with Gasteiger partial charge in [-0.05, 0) is 62.8 Å². The number of benzene rings is 2. The lowest BCUT2D eigenvalue weighted by molar-refractivity contribution is 0.0730. The Bertz CT molecular complexity index is 1250. The molecule has 0 aliphatic carbocycles. The molecule has 1 aliphatic rings. The molecule has 1 aliphatic heterocycles. The summed E-state index contributed by atoms with van der Waals surface area (Å²) in [6, 6.07) is 12.3. The Morgan fingerprint density at radius 2 is 1.82 bits per heavy atom. The summed E-state index contributed by atoms with van der Waals surface area (Å²) in [4.78, 5) is 23.2. The molecule has 2 aromatic carbocycles. The van der Waals surface area contributed by atoms with Crippen molar-refractivity contribution in [2.75, 3.05) is 64.6 Å². The predicted octanol–water partition coefficient (Wildman–Crippen LogP) is 3.25. The highest BCUT2D eigenvalue weighted by Gasteiger charge is 2.27. The van der Waals surface area contributed by atoms with E-state index in [1.807, 2.05) is 37.4 Å². The lowest BCUT2D eigenvalue weighted by atomic mass is 10.2. The molecule has 4 rings (SSSR count). The number of amides is 1. The minimum absolute atomic E-state index is 0.176. The Hall–Kier alpha value is -2.02. The molecule has 1 amide bonds. The minimum Gasteiger partial charge on any atom is -0.379 e. The number of fused-ring (bicyclic) bond motifs is 1. The molecule has 3 aromatic rings. The molecule has 2 heterocycles. The number of hydrogen-bond acceptors (Lipinski definition) is 8. The Labute approximate surface area is 208 Å². The number of carbonyl (C=O) groups is 1. The lowest BCUT2D eigenvalue weighted by Gasteiger charge is -2.26. The maximum absolute atomic E-state index is 13.5. The third-order valence-electron chi connectivity index (χ3n) is 5.54. The van der Waals surface area contributed by atoms with Gasteiger partial charge in [0.25, 0.3) is 5.91 Å². The molecule has 0 N–H and O–H groups in total. The highest BCUT2D eigenvalue weighted by molar-refractivity contribution is 7.98. The van der Waals surface area contributed by atoms with Crippen molar-refractivity contribution in [3.8, 4) is 0 Å². The topological polar surface area (TPSA) is 83.1 Å². The Kier molecular flexibility index (Phi) is 7.90. The fraction of sp³-hybridized carbons (Fsp3) is 0.391. The fourth-order valence-electron chi connectivity index (χ4n) is 3.58. The third kappa shape index (κ3) is 5.45. The molecule has 11 heteroatoms. The number of aromatic nitrogens is 1. The van der Waals surface area contributed by atoms with E-state index in [9.17, 15) is 13.2 Å². The number of hydrogen-bond donors (Lipinski definition) is 0. The number of sulfonamides is 1. The number of anilines is 1. The van der Waals surface area contributed by atoms with Gasteiger partial charge in [-0.1, -0.05) is 11.3 Å². The van der Waals surface area contributed by atoms with Gasteiger partial charge in [0.15, 0.2) is 5.13 Å². The number of likely N-dealkylation sites (N-methyl/N-ethyl adjacent to an activating group) is 1. The maximum atomic E-state index is 13.5. The van der Waals surface area contributed by atoms with Crippen molar-refractivity contribution in [1.82, 2.24) is 14.2 Å². The largest absolute Gasteiger partial charge is 0.379 e. The van der Waals surface area contributed by atoms with E-state index in [0.717, 1.165) is 15.1 Å². The van der Waals surface area contributed by atoms with Crippen molar-refractivity contribution in [1.29, 1.82) is 0 Å². The van der Waals surface area contributed by atoms with Crippen LogP contribution in [0.5, 0.6) is 0 Å². The SMILES string of the molecule is CSc1ccc2nc(N(CCN(C)C)C(=O)c3ccc(S(=O)(=O)N4CCOCC4)cc3)sc2c1. The van der Waals surface area contributed by atoms with Gasteiger partial charge in [0.2, 0.25) is 10.0 Å². The first-order valence-electron chi connectivity index (χ1n) is 10.9. The average molecular weight is 521 g/mol. The van der Waals surface area contributed by atoms with Gasteiger partial charge in [0.05, 0.1) is 28.3 Å². The minimum atomic E-state index is -3.61. The van der Waals surface area contributed by atoms with E-state index in [2.05, 4.69) is 6.07 Å². The van der Waals surface area contributed by atoms with Crippen LogP contribution in [0.25, 0.3) is 10.2 Å². The van der Waals surface area contributed by atoms with Crippen molar-refractivity contribution in [3.05, 3.63) is 48.0 Å². The second-order valence-corrected chi connectivity index (χ2v) is 12.0. The fourth-order valence-corrected chi connectivity index (χ4v) is 6.53. The zero-order valence-electron chi connectivity index (χ0n) is 19.4. The van der Waals surface area contributed by atoms with Gasteiger partial charge in [-0.3, -0.25) is 9.69 Å². The van der Waals surface area contributed by atoms with Crippen LogP contribution in [0.3, 0.4) is 0 Å². The standard InChI is InChI=1S/C23H28N4O4S3/c1-25(2)10-11-27(23-24-20-9-6-18(32-3)16-21(20)33-23)22(28)17-4-7-19(8-5-17)34(29,30)26-12-14-31-15-13-26/h4-9,16H,10-15H2,1-3H3. The van der Waals surface area contributed by atoms with Crippen molar-refractivity contribution in [3.63, 3.8) is 0 Å². The van der Waals surface area contributed by atoms with E-state index in [4.69, 9.17) is 9.72 Å². The van der Waals surface area contributed by atoms with Crippen molar-refractivity contribution < 1.29 is 17.9 Å². The van der Waals surface area contributed by atoms with Gasteiger partial charge >= 0.3 is 0 Å². The van der Waals surface area contributed by atoms with Crippen LogP contribution in [-0.2, 0) is 14.8 Å². The molecule has 0 unspecified atom stereocenters. The zero-order valence-corrected chi connectivity index (χ0v) is 21.9. The summed E-state index contributed by atoms with van der Waals surface area (Å²) in [5.74, 6) is -0.207. The number of carbonyl (C=O) groups excluding carboxylic acids is 1. The van der Waals surface area contributed by atoms with Gasteiger partial charge in [0, 0.05) is 36.6 Å². The normalized spacial score (nSPS) is 15.2. The van der Waals surface area contributed by atoms with Gasteiger partial charge in [0.1, 0.15) is 0 Å². The third-order valence-corrected chi connectivity index (χ3v) is 9.22. The number of thioether (sulfide) groups is 1. The summed E-state index contributed by atoms with van der Waals surface area (Å²) in [5, 5.41) is 0.630. The highest BCUT2D eigenvalue weighted by Crippen LogP contribution is 2.32. The van der Waals surface area contributed by atoms with Crippen LogP contribution in [0.2, 0.25) is 0 Å². The molecular weight excluding hydrogens is 492 g/mol. The lowest BCUT2D eigenvalue weighted by Crippen LogP contribution is -2.40. The van der Waals surface area contributed by atoms with Crippen LogP contribution >= 0.6 is 23.1 Å². The van der Waals surface area contributed by atoms with E-state index in [1.54, 1.807) is 28.8 Å². The molecule has 0 atom stereocenters. The Morgan fingerprint density at radius 3 is 2.47 bits per heavy atom. The molecule has 0 bridgehead atoms. The summed E-state index contributed by atoms with van der Waals surface area (Å²) >= 11 is 3.15. The highest BCUT2D eigenvalue weighted by atomic mass is 32.2. The van der Waals surface area contributed by atoms with Crippen LogP contribution < -0.4 is 4.90 Å². The molecular formula is C23H28N4O4S3. The summed E-state index contributed by atoms with van der Waals surface area (Å²) in [6.45, 7) is 2.57. The van der Waals surface area contributed by atoms with Crippen molar-refractivity contribution in [2.45, 2.75) is 9.79 Å². The molecule has 0 radical (unpaired) electrons. The summed E-state index contributed by atoms with van der Waals surface area (Å²) in [7, 11) is 0.298. The molecule has 0 spiro atoms. The van der Waals surface area contributed by atoms with E-state index in [1.165, 1.54) is 27.8 Å². The second-order valence-electron chi connectivity index (χ2n) is 8.13. The van der Waals surface area contributed by atoms with Gasteiger partial charge < -0.3 is 9.64 Å². The quantitative estimate of drug-likeness (QED) is 0.422. The number of morpholine rings is 1.